The number of nitrogens with two attached hydrogens (primary N) is 1. The molecule has 0 aliphatic heterocycles. The van der Waals surface area contributed by atoms with E-state index in [1.54, 1.807) is 0 Å². The fourth-order valence-corrected chi connectivity index (χ4v) is 1.58. The quantitative estimate of drug-likeness (QED) is 0.513. The Morgan fingerprint density at radius 1 is 1.42 bits per heavy atom. The van der Waals surface area contributed by atoms with Crippen LogP contribution in [0.5, 0.6) is 0 Å². The van der Waals surface area contributed by atoms with Gasteiger partial charge in [-0.25, -0.2) is 0 Å². The van der Waals surface area contributed by atoms with Crippen LogP contribution in [-0.2, 0) is 12.7 Å². The van der Waals surface area contributed by atoms with Crippen molar-refractivity contribution < 1.29 is 0 Å². The predicted molar refractivity (Wildman–Crippen MR) is 57.2 cm³/mol. The number of aryl methyl sites for hydroxylation is 2. The molecule has 0 heterocycles. The van der Waals surface area contributed by atoms with Crippen LogP contribution in [0.2, 0.25) is 0 Å². The van der Waals surface area contributed by atoms with Gasteiger partial charge in [-0.1, -0.05) is 25.4 Å². The van der Waals surface area contributed by atoms with E-state index in [4.69, 9.17) is 5.73 Å². The molecule has 1 rings (SSSR count). The van der Waals surface area contributed by atoms with Gasteiger partial charge in [-0.3, -0.25) is 0 Å². The van der Waals surface area contributed by atoms with E-state index in [0.29, 0.717) is 0 Å². The van der Waals surface area contributed by atoms with Gasteiger partial charge in [0, 0.05) is 5.69 Å². The lowest BCUT2D eigenvalue weighted by atomic mass is 9.89. The van der Waals surface area contributed by atoms with Crippen LogP contribution in [0.25, 0.3) is 0 Å². The maximum atomic E-state index is 5.97. The first-order chi connectivity index (χ1) is 5.70. The van der Waals surface area contributed by atoms with E-state index in [9.17, 15) is 0 Å². The number of nitrogen functional groups attached to an aromatic ring is 1. The number of rotatable bonds is 2. The summed E-state index contributed by atoms with van der Waals surface area (Å²) in [4.78, 5) is 0. The summed E-state index contributed by atoms with van der Waals surface area (Å²) in [6.45, 7) is 4.23. The van der Waals surface area contributed by atoms with E-state index in [1.807, 2.05) is 0 Å². The Balaban J connectivity index is 3.25. The maximum Gasteiger partial charge on any atom is 0.107 e. The molecule has 0 bridgehead atoms. The molecule has 0 amide bonds. The highest BCUT2D eigenvalue weighted by Crippen LogP contribution is 2.21. The second-order valence-electron chi connectivity index (χ2n) is 3.14. The molecule has 12 heavy (non-hydrogen) atoms. The fraction of sp³-hybridized carbons (Fsp3) is 0.400. The first-order valence-corrected chi connectivity index (χ1v) is 4.57. The smallest absolute Gasteiger partial charge is 0.107 e. The molecule has 0 saturated heterocycles. The lowest BCUT2D eigenvalue weighted by Gasteiger charge is -2.11. The van der Waals surface area contributed by atoms with Crippen LogP contribution in [-0.4, -0.2) is 7.85 Å². The summed E-state index contributed by atoms with van der Waals surface area (Å²) in [6, 6.07) is 4.29. The van der Waals surface area contributed by atoms with Gasteiger partial charge in [0.1, 0.15) is 7.85 Å². The topological polar surface area (TPSA) is 26.0 Å². The Morgan fingerprint density at radius 3 is 2.58 bits per heavy atom. The Bertz CT molecular complexity index is 281. The van der Waals surface area contributed by atoms with E-state index >= 15 is 0 Å². The van der Waals surface area contributed by atoms with Crippen LogP contribution < -0.4 is 5.73 Å². The van der Waals surface area contributed by atoms with Gasteiger partial charge in [0.2, 0.25) is 0 Å². The van der Waals surface area contributed by atoms with E-state index in [-0.39, 0.29) is 0 Å². The summed E-state index contributed by atoms with van der Waals surface area (Å²) in [5.41, 5.74) is 10.9. The largest absolute Gasteiger partial charge is 0.398 e. The van der Waals surface area contributed by atoms with Crippen molar-refractivity contribution in [2.45, 2.75) is 26.6 Å². The van der Waals surface area contributed by atoms with Crippen molar-refractivity contribution in [2.75, 3.05) is 5.73 Å². The first kappa shape index (κ1) is 9.18. The molecular formula is C10H16BN. The number of anilines is 1. The molecule has 0 atom stereocenters. The SMILES string of the molecule is BCc1c(CC)ccc(C)c1N. The minimum absolute atomic E-state index is 0.983. The van der Waals surface area contributed by atoms with Gasteiger partial charge in [-0.15, -0.1) is 0 Å². The van der Waals surface area contributed by atoms with Gasteiger partial charge < -0.3 is 5.73 Å². The van der Waals surface area contributed by atoms with Crippen molar-refractivity contribution in [2.24, 2.45) is 0 Å². The van der Waals surface area contributed by atoms with Crippen LogP contribution in [0.4, 0.5) is 5.69 Å². The lowest BCUT2D eigenvalue weighted by Crippen LogP contribution is -2.01. The molecule has 0 unspecified atom stereocenters. The summed E-state index contributed by atoms with van der Waals surface area (Å²) in [6.07, 6.45) is 2.12. The Morgan fingerprint density at radius 2 is 2.08 bits per heavy atom. The van der Waals surface area contributed by atoms with Crippen molar-refractivity contribution in [1.82, 2.24) is 0 Å². The molecule has 1 nitrogen and oxygen atoms in total. The van der Waals surface area contributed by atoms with E-state index in [2.05, 4.69) is 33.8 Å². The highest BCUT2D eigenvalue weighted by molar-refractivity contribution is 6.09. The minimum atomic E-state index is 0.983. The van der Waals surface area contributed by atoms with E-state index in [0.717, 1.165) is 18.4 Å². The average Bonchev–Trinajstić information content (AvgIpc) is 2.09. The highest BCUT2D eigenvalue weighted by atomic mass is 14.6. The molecule has 0 spiro atoms. The zero-order valence-corrected chi connectivity index (χ0v) is 8.15. The Kier molecular flexibility index (Phi) is 2.80. The zero-order chi connectivity index (χ0) is 9.14. The van der Waals surface area contributed by atoms with E-state index in [1.165, 1.54) is 16.7 Å². The molecule has 0 aromatic heterocycles. The van der Waals surface area contributed by atoms with Crippen molar-refractivity contribution in [3.8, 4) is 0 Å². The Labute approximate surface area is 75.4 Å². The summed E-state index contributed by atoms with van der Waals surface area (Å²) in [5, 5.41) is 0. The first-order valence-electron chi connectivity index (χ1n) is 4.57. The predicted octanol–water partition coefficient (Wildman–Crippen LogP) is 1.27. The second kappa shape index (κ2) is 3.66. The molecular weight excluding hydrogens is 145 g/mol. The van der Waals surface area contributed by atoms with Crippen LogP contribution in [0.1, 0.15) is 23.6 Å². The molecule has 1 aromatic rings. The third kappa shape index (κ3) is 1.47. The number of hydrogen-bond donors (Lipinski definition) is 1. The van der Waals surface area contributed by atoms with Crippen molar-refractivity contribution >= 4 is 13.5 Å². The van der Waals surface area contributed by atoms with Crippen molar-refractivity contribution in [1.29, 1.82) is 0 Å². The third-order valence-corrected chi connectivity index (χ3v) is 2.41. The van der Waals surface area contributed by atoms with Gasteiger partial charge >= 0.3 is 0 Å². The molecule has 0 fully saturated rings. The minimum Gasteiger partial charge on any atom is -0.398 e. The molecule has 0 radical (unpaired) electrons. The standard InChI is InChI=1S/C10H16BN/c1-3-8-5-4-7(2)10(12)9(8)6-11/h4-5H,3,6,11-12H2,1-2H3. The third-order valence-electron chi connectivity index (χ3n) is 2.41. The number of hydrogen-bond acceptors (Lipinski definition) is 1. The molecule has 2 heteroatoms. The van der Waals surface area contributed by atoms with Crippen LogP contribution in [0, 0.1) is 6.92 Å². The van der Waals surface area contributed by atoms with Gasteiger partial charge in [0.15, 0.2) is 0 Å². The van der Waals surface area contributed by atoms with Crippen LogP contribution >= 0.6 is 0 Å². The monoisotopic (exact) mass is 161 g/mol. The van der Waals surface area contributed by atoms with Gasteiger partial charge in [0.05, 0.1) is 0 Å². The summed E-state index contributed by atoms with van der Waals surface area (Å²) >= 11 is 0. The van der Waals surface area contributed by atoms with Crippen molar-refractivity contribution in [3.63, 3.8) is 0 Å². The second-order valence-corrected chi connectivity index (χ2v) is 3.14. The lowest BCUT2D eigenvalue weighted by molar-refractivity contribution is 1.10. The highest BCUT2D eigenvalue weighted by Gasteiger charge is 2.04. The van der Waals surface area contributed by atoms with Crippen LogP contribution in [0.3, 0.4) is 0 Å². The normalized spacial score (nSPS) is 10.2. The zero-order valence-electron chi connectivity index (χ0n) is 8.15. The molecule has 2 N–H and O–H groups in total. The summed E-state index contributed by atoms with van der Waals surface area (Å²) < 4.78 is 0. The molecule has 0 aliphatic carbocycles. The summed E-state index contributed by atoms with van der Waals surface area (Å²) in [5.74, 6) is 0. The van der Waals surface area contributed by atoms with Gasteiger partial charge in [0.25, 0.3) is 0 Å². The van der Waals surface area contributed by atoms with Gasteiger partial charge in [-0.05, 0) is 30.0 Å². The van der Waals surface area contributed by atoms with E-state index < -0.39 is 0 Å². The molecule has 64 valence electrons. The van der Waals surface area contributed by atoms with Crippen LogP contribution in [0.15, 0.2) is 12.1 Å². The molecule has 1 aromatic carbocycles. The fourth-order valence-electron chi connectivity index (χ4n) is 1.58. The van der Waals surface area contributed by atoms with Gasteiger partial charge in [-0.2, -0.15) is 0 Å². The Hall–Kier alpha value is -0.915. The number of benzene rings is 1. The summed E-state index contributed by atoms with van der Waals surface area (Å²) in [7, 11) is 2.16. The molecule has 0 saturated carbocycles. The maximum absolute atomic E-state index is 5.97. The molecule has 0 aliphatic rings. The van der Waals surface area contributed by atoms with Crippen molar-refractivity contribution in [3.05, 3.63) is 28.8 Å². The average molecular weight is 161 g/mol.